The summed E-state index contributed by atoms with van der Waals surface area (Å²) in [5.41, 5.74) is 0. The van der Waals surface area contributed by atoms with E-state index in [2.05, 4.69) is 21.8 Å². The van der Waals surface area contributed by atoms with E-state index in [0.29, 0.717) is 0 Å². The number of aryl methyl sites for hydroxylation is 1. The molecule has 1 rings (SSSR count). The number of methoxy groups -OCH3 is 1. The highest BCUT2D eigenvalue weighted by Gasteiger charge is 2.05. The van der Waals surface area contributed by atoms with Crippen LogP contribution in [0.25, 0.3) is 0 Å². The van der Waals surface area contributed by atoms with Crippen molar-refractivity contribution in [3.05, 3.63) is 12.4 Å². The Labute approximate surface area is 103 Å². The summed E-state index contributed by atoms with van der Waals surface area (Å²) in [7, 11) is 1.72. The van der Waals surface area contributed by atoms with Crippen molar-refractivity contribution < 1.29 is 9.47 Å². The smallest absolute Gasteiger partial charge is 0.202 e. The largest absolute Gasteiger partial charge is 0.385 e. The Morgan fingerprint density at radius 1 is 1.53 bits per heavy atom. The zero-order chi connectivity index (χ0) is 12.5. The van der Waals surface area contributed by atoms with E-state index in [4.69, 9.17) is 9.47 Å². The second-order valence-electron chi connectivity index (χ2n) is 3.94. The van der Waals surface area contributed by atoms with Gasteiger partial charge in [-0.3, -0.25) is 0 Å². The molecule has 5 heteroatoms. The van der Waals surface area contributed by atoms with Gasteiger partial charge in [0.25, 0.3) is 0 Å². The fraction of sp³-hybridized carbons (Fsp3) is 0.750. The van der Waals surface area contributed by atoms with Crippen LogP contribution in [0.4, 0.5) is 5.95 Å². The van der Waals surface area contributed by atoms with E-state index in [1.165, 1.54) is 0 Å². The normalized spacial score (nSPS) is 12.6. The van der Waals surface area contributed by atoms with Gasteiger partial charge in [-0.2, -0.15) is 0 Å². The van der Waals surface area contributed by atoms with Gasteiger partial charge in [0.2, 0.25) is 5.95 Å². The minimum absolute atomic E-state index is 0.198. The first kappa shape index (κ1) is 14.0. The summed E-state index contributed by atoms with van der Waals surface area (Å²) in [5.74, 6) is 0.896. The van der Waals surface area contributed by atoms with E-state index in [-0.39, 0.29) is 6.10 Å². The number of nitrogens with zero attached hydrogens (tertiary/aromatic N) is 2. The molecule has 1 aromatic heterocycles. The summed E-state index contributed by atoms with van der Waals surface area (Å²) >= 11 is 0. The summed E-state index contributed by atoms with van der Waals surface area (Å²) in [5, 5.41) is 3.29. The predicted octanol–water partition coefficient (Wildman–Crippen LogP) is 1.76. The summed E-state index contributed by atoms with van der Waals surface area (Å²) in [6.07, 6.45) is 4.97. The average Bonchev–Trinajstić information content (AvgIpc) is 2.75. The molecule has 0 aromatic carbocycles. The van der Waals surface area contributed by atoms with E-state index < -0.39 is 0 Å². The van der Waals surface area contributed by atoms with Gasteiger partial charge < -0.3 is 19.4 Å². The van der Waals surface area contributed by atoms with Gasteiger partial charge >= 0.3 is 0 Å². The van der Waals surface area contributed by atoms with Crippen molar-refractivity contribution in [2.45, 2.75) is 32.9 Å². The molecule has 0 spiro atoms. The lowest BCUT2D eigenvalue weighted by molar-refractivity contribution is 0.0853. The maximum Gasteiger partial charge on any atom is 0.202 e. The topological polar surface area (TPSA) is 48.3 Å². The van der Waals surface area contributed by atoms with Crippen LogP contribution in [0.1, 0.15) is 20.3 Å². The Hall–Kier alpha value is -1.07. The van der Waals surface area contributed by atoms with Crippen LogP contribution in [0.2, 0.25) is 0 Å². The Kier molecular flexibility index (Phi) is 6.65. The van der Waals surface area contributed by atoms with Gasteiger partial charge in [-0.15, -0.1) is 0 Å². The molecule has 0 aliphatic heterocycles. The van der Waals surface area contributed by atoms with Crippen molar-refractivity contribution >= 4 is 5.95 Å². The van der Waals surface area contributed by atoms with E-state index in [0.717, 1.165) is 38.7 Å². The molecule has 1 atom stereocenters. The molecule has 0 aliphatic rings. The Bertz CT molecular complexity index is 302. The molecule has 0 fully saturated rings. The number of rotatable bonds is 9. The zero-order valence-electron chi connectivity index (χ0n) is 11.0. The van der Waals surface area contributed by atoms with E-state index in [1.54, 1.807) is 13.3 Å². The van der Waals surface area contributed by atoms with Crippen LogP contribution in [-0.2, 0) is 16.0 Å². The fourth-order valence-corrected chi connectivity index (χ4v) is 1.61. The van der Waals surface area contributed by atoms with Crippen molar-refractivity contribution in [1.29, 1.82) is 0 Å². The lowest BCUT2D eigenvalue weighted by Gasteiger charge is -2.14. The molecule has 0 aliphatic carbocycles. The molecule has 1 N–H and O–H groups in total. The maximum absolute atomic E-state index is 5.46. The lowest BCUT2D eigenvalue weighted by Crippen LogP contribution is -2.21. The molecule has 17 heavy (non-hydrogen) atoms. The van der Waals surface area contributed by atoms with E-state index in [9.17, 15) is 0 Å². The summed E-state index contributed by atoms with van der Waals surface area (Å²) < 4.78 is 12.6. The number of aromatic nitrogens is 2. The van der Waals surface area contributed by atoms with Crippen LogP contribution >= 0.6 is 0 Å². The lowest BCUT2D eigenvalue weighted by atomic mass is 10.4. The van der Waals surface area contributed by atoms with Crippen LogP contribution in [0.15, 0.2) is 12.4 Å². The van der Waals surface area contributed by atoms with Crippen LogP contribution in [-0.4, -0.2) is 42.5 Å². The Morgan fingerprint density at radius 2 is 2.35 bits per heavy atom. The third-order valence-electron chi connectivity index (χ3n) is 2.46. The van der Waals surface area contributed by atoms with E-state index in [1.807, 2.05) is 13.1 Å². The number of nitrogens with one attached hydrogen (secondary N) is 1. The van der Waals surface area contributed by atoms with Gasteiger partial charge in [0.15, 0.2) is 0 Å². The second-order valence-corrected chi connectivity index (χ2v) is 3.94. The molecule has 0 bridgehead atoms. The molecule has 1 aromatic rings. The number of anilines is 1. The monoisotopic (exact) mass is 241 g/mol. The summed E-state index contributed by atoms with van der Waals surface area (Å²) in [6, 6.07) is 0. The van der Waals surface area contributed by atoms with Gasteiger partial charge in [-0.05, 0) is 20.3 Å². The first-order valence-corrected chi connectivity index (χ1v) is 6.13. The van der Waals surface area contributed by atoms with Crippen molar-refractivity contribution in [2.24, 2.45) is 0 Å². The molecular formula is C12H23N3O2. The average molecular weight is 241 g/mol. The number of hydrogen-bond acceptors (Lipinski definition) is 4. The SMILES string of the molecule is CCOC(C)CNc1nccn1CCCOC. The van der Waals surface area contributed by atoms with Crippen LogP contribution in [0, 0.1) is 0 Å². The second kappa shape index (κ2) is 8.08. The standard InChI is InChI=1S/C12H23N3O2/c1-4-17-11(2)10-14-12-13-6-8-15(12)7-5-9-16-3/h6,8,11H,4-5,7,9-10H2,1-3H3,(H,13,14). The van der Waals surface area contributed by atoms with Crippen molar-refractivity contribution in [3.8, 4) is 0 Å². The number of hydrogen-bond donors (Lipinski definition) is 1. The van der Waals surface area contributed by atoms with Gasteiger partial charge in [-0.25, -0.2) is 4.98 Å². The van der Waals surface area contributed by atoms with Gasteiger partial charge in [0.1, 0.15) is 0 Å². The Balaban J connectivity index is 2.34. The molecule has 0 saturated heterocycles. The summed E-state index contributed by atoms with van der Waals surface area (Å²) in [4.78, 5) is 4.28. The molecule has 0 amide bonds. The molecular weight excluding hydrogens is 218 g/mol. The third kappa shape index (κ3) is 5.19. The number of imidazole rings is 1. The van der Waals surface area contributed by atoms with E-state index >= 15 is 0 Å². The third-order valence-corrected chi connectivity index (χ3v) is 2.46. The zero-order valence-corrected chi connectivity index (χ0v) is 11.0. The maximum atomic E-state index is 5.46. The molecule has 0 saturated carbocycles. The molecule has 0 radical (unpaired) electrons. The minimum Gasteiger partial charge on any atom is -0.385 e. The molecule has 5 nitrogen and oxygen atoms in total. The minimum atomic E-state index is 0.198. The summed E-state index contributed by atoms with van der Waals surface area (Å²) in [6.45, 7) is 7.25. The highest BCUT2D eigenvalue weighted by atomic mass is 16.5. The highest BCUT2D eigenvalue weighted by Crippen LogP contribution is 2.06. The van der Waals surface area contributed by atoms with Gasteiger partial charge in [-0.1, -0.05) is 0 Å². The molecule has 98 valence electrons. The first-order chi connectivity index (χ1) is 8.27. The number of ether oxygens (including phenoxy) is 2. The van der Waals surface area contributed by atoms with Crippen molar-refractivity contribution in [1.82, 2.24) is 9.55 Å². The highest BCUT2D eigenvalue weighted by molar-refractivity contribution is 5.25. The van der Waals surface area contributed by atoms with Crippen molar-refractivity contribution in [2.75, 3.05) is 32.2 Å². The van der Waals surface area contributed by atoms with Crippen LogP contribution in [0.3, 0.4) is 0 Å². The van der Waals surface area contributed by atoms with Gasteiger partial charge in [0, 0.05) is 45.8 Å². The predicted molar refractivity (Wildman–Crippen MR) is 68.3 cm³/mol. The first-order valence-electron chi connectivity index (χ1n) is 6.13. The quantitative estimate of drug-likeness (QED) is 0.669. The molecule has 1 unspecified atom stereocenters. The molecule has 1 heterocycles. The Morgan fingerprint density at radius 3 is 3.06 bits per heavy atom. The van der Waals surface area contributed by atoms with Crippen molar-refractivity contribution in [3.63, 3.8) is 0 Å². The van der Waals surface area contributed by atoms with Crippen LogP contribution in [0.5, 0.6) is 0 Å². The fourth-order valence-electron chi connectivity index (χ4n) is 1.61. The van der Waals surface area contributed by atoms with Crippen LogP contribution < -0.4 is 5.32 Å². The van der Waals surface area contributed by atoms with Gasteiger partial charge in [0.05, 0.1) is 6.10 Å².